The van der Waals surface area contributed by atoms with Crippen LogP contribution in [0.1, 0.15) is 36.9 Å². The Bertz CT molecular complexity index is 454. The number of aryl methyl sites for hydroxylation is 1. The summed E-state index contributed by atoms with van der Waals surface area (Å²) in [6.07, 6.45) is 3.72. The number of ether oxygens (including phenoxy) is 1. The highest BCUT2D eigenvalue weighted by Crippen LogP contribution is 2.31. The van der Waals surface area contributed by atoms with Crippen molar-refractivity contribution < 1.29 is 4.74 Å². The van der Waals surface area contributed by atoms with E-state index in [1.165, 1.54) is 42.6 Å². The van der Waals surface area contributed by atoms with Crippen molar-refractivity contribution in [1.82, 2.24) is 5.32 Å². The second kappa shape index (κ2) is 6.15. The topological polar surface area (TPSA) is 24.5 Å². The third-order valence-corrected chi connectivity index (χ3v) is 4.75. The van der Waals surface area contributed by atoms with Gasteiger partial charge in [0.05, 0.1) is 6.61 Å². The number of benzene rings is 1. The lowest BCUT2D eigenvalue weighted by Crippen LogP contribution is -2.34. The summed E-state index contributed by atoms with van der Waals surface area (Å²) in [5, 5.41) is 3.33. The number of hydrogen-bond acceptors (Lipinski definition) is 3. The molecule has 0 aromatic heterocycles. The molecule has 1 aromatic rings. The van der Waals surface area contributed by atoms with Crippen molar-refractivity contribution in [2.24, 2.45) is 5.92 Å². The van der Waals surface area contributed by atoms with Gasteiger partial charge in [-0.25, -0.2) is 0 Å². The van der Waals surface area contributed by atoms with E-state index in [4.69, 9.17) is 4.74 Å². The predicted molar refractivity (Wildman–Crippen MR) is 83.4 cm³/mol. The van der Waals surface area contributed by atoms with Crippen LogP contribution in [0.4, 0.5) is 5.69 Å². The first kappa shape index (κ1) is 13.9. The van der Waals surface area contributed by atoms with Crippen LogP contribution in [0.5, 0.6) is 0 Å². The molecule has 3 rings (SSSR count). The molecule has 0 bridgehead atoms. The van der Waals surface area contributed by atoms with E-state index in [1.807, 2.05) is 7.05 Å². The summed E-state index contributed by atoms with van der Waals surface area (Å²) < 4.78 is 5.52. The molecular weight excluding hydrogens is 248 g/mol. The smallest absolute Gasteiger partial charge is 0.0512 e. The molecule has 2 aliphatic heterocycles. The minimum absolute atomic E-state index is 0.430. The monoisotopic (exact) mass is 274 g/mol. The summed E-state index contributed by atoms with van der Waals surface area (Å²) in [7, 11) is 2.02. The molecule has 110 valence electrons. The van der Waals surface area contributed by atoms with Crippen molar-refractivity contribution in [1.29, 1.82) is 0 Å². The lowest BCUT2D eigenvalue weighted by molar-refractivity contribution is 0.186. The molecule has 1 aromatic carbocycles. The Hall–Kier alpha value is -1.06. The first-order valence-corrected chi connectivity index (χ1v) is 7.90. The third kappa shape index (κ3) is 2.84. The highest BCUT2D eigenvalue weighted by molar-refractivity contribution is 5.57. The van der Waals surface area contributed by atoms with E-state index in [0.29, 0.717) is 6.04 Å². The van der Waals surface area contributed by atoms with Gasteiger partial charge in [-0.05, 0) is 50.4 Å². The average Bonchev–Trinajstić information content (AvgIpc) is 2.99. The zero-order valence-electron chi connectivity index (χ0n) is 12.7. The first-order chi connectivity index (χ1) is 9.78. The maximum absolute atomic E-state index is 5.52. The van der Waals surface area contributed by atoms with E-state index in [0.717, 1.165) is 25.7 Å². The molecular formula is C17H26N2O. The molecule has 0 radical (unpaired) electrons. The van der Waals surface area contributed by atoms with Crippen LogP contribution in [0.2, 0.25) is 0 Å². The molecule has 2 heterocycles. The van der Waals surface area contributed by atoms with Gasteiger partial charge in [0.25, 0.3) is 0 Å². The number of hydrogen-bond donors (Lipinski definition) is 1. The fourth-order valence-electron chi connectivity index (χ4n) is 3.36. The molecule has 0 spiro atoms. The van der Waals surface area contributed by atoms with E-state index >= 15 is 0 Å². The van der Waals surface area contributed by atoms with Crippen LogP contribution in [0.3, 0.4) is 0 Å². The Kier molecular flexibility index (Phi) is 4.27. The van der Waals surface area contributed by atoms with E-state index < -0.39 is 0 Å². The molecule has 20 heavy (non-hydrogen) atoms. The Labute approximate surface area is 122 Å². The Morgan fingerprint density at radius 1 is 1.45 bits per heavy atom. The van der Waals surface area contributed by atoms with Gasteiger partial charge in [-0.15, -0.1) is 0 Å². The Morgan fingerprint density at radius 3 is 3.10 bits per heavy atom. The van der Waals surface area contributed by atoms with Gasteiger partial charge in [0, 0.05) is 37.3 Å². The van der Waals surface area contributed by atoms with Crippen LogP contribution in [-0.4, -0.2) is 33.4 Å². The summed E-state index contributed by atoms with van der Waals surface area (Å²) in [6, 6.07) is 7.43. The second-order valence-corrected chi connectivity index (χ2v) is 6.18. The average molecular weight is 274 g/mol. The minimum atomic E-state index is 0.430. The zero-order chi connectivity index (χ0) is 13.9. The summed E-state index contributed by atoms with van der Waals surface area (Å²) in [5.41, 5.74) is 4.38. The Balaban J connectivity index is 1.78. The minimum Gasteiger partial charge on any atom is -0.381 e. The highest BCUT2D eigenvalue weighted by atomic mass is 16.5. The van der Waals surface area contributed by atoms with Gasteiger partial charge < -0.3 is 15.0 Å². The lowest BCUT2D eigenvalue weighted by Gasteiger charge is -2.33. The van der Waals surface area contributed by atoms with Gasteiger partial charge in [-0.1, -0.05) is 12.1 Å². The van der Waals surface area contributed by atoms with Crippen molar-refractivity contribution in [2.45, 2.75) is 32.2 Å². The van der Waals surface area contributed by atoms with Gasteiger partial charge in [0.15, 0.2) is 0 Å². The van der Waals surface area contributed by atoms with Gasteiger partial charge in [-0.2, -0.15) is 0 Å². The van der Waals surface area contributed by atoms with Crippen molar-refractivity contribution >= 4 is 5.69 Å². The van der Waals surface area contributed by atoms with E-state index in [2.05, 4.69) is 35.3 Å². The standard InChI is InChI=1S/C17H26N2O/c1-13(18-2)15-5-6-17-16(10-15)4-3-8-19(17)11-14-7-9-20-12-14/h5-6,10,13-14,18H,3-4,7-9,11-12H2,1-2H3. The Morgan fingerprint density at radius 2 is 2.35 bits per heavy atom. The molecule has 3 heteroatoms. The van der Waals surface area contributed by atoms with Crippen molar-refractivity contribution in [3.8, 4) is 0 Å². The summed E-state index contributed by atoms with van der Waals surface area (Å²) >= 11 is 0. The molecule has 1 N–H and O–H groups in total. The van der Waals surface area contributed by atoms with Crippen LogP contribution < -0.4 is 10.2 Å². The fourth-order valence-corrected chi connectivity index (χ4v) is 3.36. The third-order valence-electron chi connectivity index (χ3n) is 4.75. The number of nitrogens with zero attached hydrogens (tertiary/aromatic N) is 1. The quantitative estimate of drug-likeness (QED) is 0.913. The molecule has 3 nitrogen and oxygen atoms in total. The van der Waals surface area contributed by atoms with Crippen molar-refractivity contribution in [2.75, 3.05) is 38.3 Å². The van der Waals surface area contributed by atoms with Crippen LogP contribution in [0.15, 0.2) is 18.2 Å². The van der Waals surface area contributed by atoms with Gasteiger partial charge >= 0.3 is 0 Å². The van der Waals surface area contributed by atoms with Crippen LogP contribution in [0, 0.1) is 5.92 Å². The molecule has 1 fully saturated rings. The summed E-state index contributed by atoms with van der Waals surface area (Å²) in [4.78, 5) is 2.58. The van der Waals surface area contributed by atoms with Crippen LogP contribution in [0.25, 0.3) is 0 Å². The molecule has 2 unspecified atom stereocenters. The fraction of sp³-hybridized carbons (Fsp3) is 0.647. The summed E-state index contributed by atoms with van der Waals surface area (Å²) in [5.74, 6) is 0.719. The molecule has 0 amide bonds. The molecule has 0 aliphatic carbocycles. The van der Waals surface area contributed by atoms with E-state index in [1.54, 1.807) is 0 Å². The second-order valence-electron chi connectivity index (χ2n) is 6.18. The van der Waals surface area contributed by atoms with Crippen LogP contribution >= 0.6 is 0 Å². The van der Waals surface area contributed by atoms with Crippen LogP contribution in [-0.2, 0) is 11.2 Å². The highest BCUT2D eigenvalue weighted by Gasteiger charge is 2.23. The number of rotatable bonds is 4. The molecule has 2 aliphatic rings. The largest absolute Gasteiger partial charge is 0.381 e. The normalized spacial score (nSPS) is 23.7. The number of anilines is 1. The van der Waals surface area contributed by atoms with Crippen molar-refractivity contribution in [3.63, 3.8) is 0 Å². The maximum Gasteiger partial charge on any atom is 0.0512 e. The first-order valence-electron chi connectivity index (χ1n) is 7.90. The lowest BCUT2D eigenvalue weighted by atomic mass is 9.96. The predicted octanol–water partition coefficient (Wildman–Crippen LogP) is 2.76. The maximum atomic E-state index is 5.52. The van der Waals surface area contributed by atoms with Gasteiger partial charge in [0.1, 0.15) is 0 Å². The number of fused-ring (bicyclic) bond motifs is 1. The molecule has 2 atom stereocenters. The van der Waals surface area contributed by atoms with Crippen molar-refractivity contribution in [3.05, 3.63) is 29.3 Å². The number of nitrogens with one attached hydrogen (secondary N) is 1. The van der Waals surface area contributed by atoms with E-state index in [9.17, 15) is 0 Å². The molecule has 0 saturated carbocycles. The zero-order valence-corrected chi connectivity index (χ0v) is 12.7. The molecule has 1 saturated heterocycles. The van der Waals surface area contributed by atoms with E-state index in [-0.39, 0.29) is 0 Å². The summed E-state index contributed by atoms with van der Waals surface area (Å²) in [6.45, 7) is 6.47. The van der Waals surface area contributed by atoms with Gasteiger partial charge in [0.2, 0.25) is 0 Å². The van der Waals surface area contributed by atoms with Gasteiger partial charge in [-0.3, -0.25) is 0 Å². The SMILES string of the molecule is CNC(C)c1ccc2c(c1)CCCN2CC1CCOC1.